The second kappa shape index (κ2) is 20.7. The minimum atomic E-state index is -0.796. The van der Waals surface area contributed by atoms with Gasteiger partial charge >= 0.3 is 6.09 Å². The van der Waals surface area contributed by atoms with Gasteiger partial charge < -0.3 is 19.1 Å². The second-order valence-electron chi connectivity index (χ2n) is 14.2. The van der Waals surface area contributed by atoms with E-state index in [1.165, 1.54) is 32.1 Å². The van der Waals surface area contributed by atoms with Crippen LogP contribution in [0, 0.1) is 28.9 Å². The van der Waals surface area contributed by atoms with Crippen LogP contribution in [-0.2, 0) is 27.4 Å². The van der Waals surface area contributed by atoms with Gasteiger partial charge in [-0.2, -0.15) is 5.26 Å². The van der Waals surface area contributed by atoms with Crippen LogP contribution >= 0.6 is 11.3 Å². The molecular formula is C42H59F2N5O4S. The lowest BCUT2D eigenvalue weighted by atomic mass is 9.94. The van der Waals surface area contributed by atoms with E-state index in [0.717, 1.165) is 55.0 Å². The summed E-state index contributed by atoms with van der Waals surface area (Å²) >= 11 is 0.861. The van der Waals surface area contributed by atoms with Crippen molar-refractivity contribution in [2.75, 3.05) is 25.0 Å². The average Bonchev–Trinajstić information content (AvgIpc) is 3.98. The molecule has 3 aliphatic rings. The minimum Gasteiger partial charge on any atom is -0.444 e. The van der Waals surface area contributed by atoms with Crippen molar-refractivity contribution >= 4 is 51.1 Å². The zero-order valence-electron chi connectivity index (χ0n) is 33.9. The molecule has 1 N–H and O–H groups in total. The number of thiophene rings is 1. The van der Waals surface area contributed by atoms with Gasteiger partial charge in [-0.15, -0.1) is 11.3 Å². The summed E-state index contributed by atoms with van der Waals surface area (Å²) in [5.41, 5.74) is 0.614. The van der Waals surface area contributed by atoms with Gasteiger partial charge in [-0.25, -0.2) is 18.6 Å². The Morgan fingerprint density at radius 3 is 2.52 bits per heavy atom. The number of aliphatic imine (C=N–C) groups is 1. The van der Waals surface area contributed by atoms with Crippen LogP contribution in [0.25, 0.3) is 34.1 Å². The van der Waals surface area contributed by atoms with E-state index in [4.69, 9.17) is 14.2 Å². The van der Waals surface area contributed by atoms with Gasteiger partial charge in [0.15, 0.2) is 5.82 Å². The van der Waals surface area contributed by atoms with Crippen molar-refractivity contribution in [2.45, 2.75) is 133 Å². The zero-order valence-corrected chi connectivity index (χ0v) is 34.7. The highest BCUT2D eigenvalue weighted by atomic mass is 32.1. The number of fused-ring (bicyclic) bond motifs is 2. The van der Waals surface area contributed by atoms with Crippen LogP contribution in [0.4, 0.5) is 18.6 Å². The third kappa shape index (κ3) is 10.9. The second-order valence-corrected chi connectivity index (χ2v) is 15.2. The van der Waals surface area contributed by atoms with Crippen LogP contribution in [0.5, 0.6) is 0 Å². The van der Waals surface area contributed by atoms with Gasteiger partial charge in [-0.1, -0.05) is 61.0 Å². The molecule has 2 unspecified atom stereocenters. The summed E-state index contributed by atoms with van der Waals surface area (Å²) in [4.78, 5) is 23.5. The Hall–Kier alpha value is -3.92. The predicted octanol–water partition coefficient (Wildman–Crippen LogP) is 9.81. The molecule has 2 saturated heterocycles. The quantitative estimate of drug-likeness (QED) is 0.197. The number of ether oxygens (including phenoxy) is 3. The first-order chi connectivity index (χ1) is 25.8. The molecule has 1 aromatic carbocycles. The molecule has 54 heavy (non-hydrogen) atoms. The number of unbranched alkanes of at least 4 members (excludes halogenated alkanes) is 1. The van der Waals surface area contributed by atoms with Crippen LogP contribution in [0.1, 0.15) is 124 Å². The number of nitrogens with zero attached hydrogens (tertiary/aromatic N) is 4. The van der Waals surface area contributed by atoms with E-state index in [-0.39, 0.29) is 50.3 Å². The largest absolute Gasteiger partial charge is 0.444 e. The number of nitriles is 1. The Bertz CT molecular complexity index is 1930. The van der Waals surface area contributed by atoms with E-state index in [9.17, 15) is 10.1 Å². The Morgan fingerprint density at radius 2 is 1.93 bits per heavy atom. The van der Waals surface area contributed by atoms with E-state index < -0.39 is 23.3 Å². The smallest absolute Gasteiger partial charge is 0.412 e. The SMILES string of the molecule is C=c1c(F)c(-c2ncc(F)c3sc(NC(=O)OC(C)(C)C)c(C#N)c23)c2c(/c1=C/N=C(C)N1CCC(C)C1)COC2.CC.CC.CCCCC1CCCO1. The highest BCUT2D eigenvalue weighted by Gasteiger charge is 2.29. The fraction of sp³-hybridized carbons (Fsp3) is 0.571. The summed E-state index contributed by atoms with van der Waals surface area (Å²) in [7, 11) is 0. The number of likely N-dealkylation sites (tertiary alicyclic amines) is 1. The predicted molar refractivity (Wildman–Crippen MR) is 217 cm³/mol. The third-order valence-corrected chi connectivity index (χ3v) is 10.2. The molecule has 6 rings (SSSR count). The first kappa shape index (κ1) is 44.5. The maximum atomic E-state index is 16.2. The topological polar surface area (TPSA) is 109 Å². The van der Waals surface area contributed by atoms with E-state index in [2.05, 4.69) is 40.6 Å². The average molecular weight is 768 g/mol. The summed E-state index contributed by atoms with van der Waals surface area (Å²) in [6.45, 7) is 26.7. The van der Waals surface area contributed by atoms with E-state index >= 15 is 8.78 Å². The molecule has 9 nitrogen and oxygen atoms in total. The number of rotatable bonds is 6. The van der Waals surface area contributed by atoms with Crippen molar-refractivity contribution in [2.24, 2.45) is 10.9 Å². The molecule has 0 saturated carbocycles. The van der Waals surface area contributed by atoms with Gasteiger partial charge in [0.05, 0.1) is 41.5 Å². The number of carbonyl (C=O) groups excluding carboxylic acids is 1. The summed E-state index contributed by atoms with van der Waals surface area (Å²) < 4.78 is 47.8. The van der Waals surface area contributed by atoms with Gasteiger partial charge in [0.2, 0.25) is 0 Å². The molecule has 5 heterocycles. The number of aromatic nitrogens is 1. The molecular weight excluding hydrogens is 709 g/mol. The van der Waals surface area contributed by atoms with Crippen LogP contribution in [-0.4, -0.2) is 53.2 Å². The number of pyridine rings is 1. The summed E-state index contributed by atoms with van der Waals surface area (Å²) in [5, 5.41) is 13.4. The maximum Gasteiger partial charge on any atom is 0.412 e. The van der Waals surface area contributed by atoms with Crippen molar-refractivity contribution in [3.8, 4) is 17.3 Å². The molecule has 12 heteroatoms. The van der Waals surface area contributed by atoms with Crippen molar-refractivity contribution in [1.29, 1.82) is 5.26 Å². The van der Waals surface area contributed by atoms with Gasteiger partial charge in [-0.05, 0) is 70.4 Å². The molecule has 0 radical (unpaired) electrons. The van der Waals surface area contributed by atoms with E-state index in [1.54, 1.807) is 27.0 Å². The number of carbonyl (C=O) groups is 1. The fourth-order valence-electron chi connectivity index (χ4n) is 6.50. The van der Waals surface area contributed by atoms with Crippen LogP contribution in [0.2, 0.25) is 0 Å². The fourth-order valence-corrected chi connectivity index (χ4v) is 7.54. The lowest BCUT2D eigenvalue weighted by molar-refractivity contribution is 0.0636. The first-order valence-corrected chi connectivity index (χ1v) is 20.2. The van der Waals surface area contributed by atoms with Crippen molar-refractivity contribution < 1.29 is 27.8 Å². The molecule has 296 valence electrons. The normalized spacial score (nSPS) is 18.2. The number of anilines is 1. The standard InChI is InChI=1S/C30H31F2N5O3S.C8H16O.2C2H6/c1-15-7-8-37(12-15)17(3)34-10-19-16(2)25(32)23(21-14-39-13-20(19)21)26-24-18(9-33)28(36-29(38)40-30(4,5)6)41-27(24)22(31)11-35-26;1-2-3-5-8-6-4-7-9-8;2*1-2/h10-11,15H,2,7-8,12-14H2,1,3-6H3,(H,36,38);8H,2-7H2,1H3;2*1-2H3/b19-10+,34-17?;;;. The van der Waals surface area contributed by atoms with Crippen molar-refractivity contribution in [3.05, 3.63) is 45.0 Å². The molecule has 2 atom stereocenters. The lowest BCUT2D eigenvalue weighted by Gasteiger charge is -2.19. The van der Waals surface area contributed by atoms with Gasteiger partial charge in [0.25, 0.3) is 0 Å². The summed E-state index contributed by atoms with van der Waals surface area (Å²) in [6.07, 6.45) is 10.1. The summed E-state index contributed by atoms with van der Waals surface area (Å²) in [5.74, 6) is 0.0833. The molecule has 2 fully saturated rings. The highest BCUT2D eigenvalue weighted by molar-refractivity contribution is 7.23. The Labute approximate surface area is 324 Å². The number of benzene rings is 1. The maximum absolute atomic E-state index is 16.2. The Balaban J connectivity index is 0.000000518. The van der Waals surface area contributed by atoms with Gasteiger partial charge in [0, 0.05) is 47.3 Å². The van der Waals surface area contributed by atoms with Crippen molar-refractivity contribution in [3.63, 3.8) is 0 Å². The molecule has 3 aliphatic heterocycles. The van der Waals surface area contributed by atoms with Gasteiger partial charge in [-0.3, -0.25) is 10.3 Å². The molecule has 0 bridgehead atoms. The number of amides is 1. The van der Waals surface area contributed by atoms with Crippen LogP contribution < -0.4 is 15.8 Å². The number of halogens is 2. The van der Waals surface area contributed by atoms with Crippen LogP contribution in [0.3, 0.4) is 0 Å². The highest BCUT2D eigenvalue weighted by Crippen LogP contribution is 2.43. The third-order valence-electron chi connectivity index (χ3n) is 9.09. The van der Waals surface area contributed by atoms with E-state index in [1.807, 2.05) is 40.7 Å². The minimum absolute atomic E-state index is 0.0359. The number of hydrogen-bond acceptors (Lipinski definition) is 8. The summed E-state index contributed by atoms with van der Waals surface area (Å²) in [6, 6.07) is 2.04. The number of hydrogen-bond donors (Lipinski definition) is 1. The Morgan fingerprint density at radius 1 is 1.22 bits per heavy atom. The first-order valence-electron chi connectivity index (χ1n) is 19.3. The van der Waals surface area contributed by atoms with Gasteiger partial charge in [0.1, 0.15) is 28.3 Å². The monoisotopic (exact) mass is 767 g/mol. The molecule has 3 aromatic rings. The lowest BCUT2D eigenvalue weighted by Crippen LogP contribution is -2.32. The molecule has 2 aromatic heterocycles. The Kier molecular flexibility index (Phi) is 17.0. The van der Waals surface area contributed by atoms with Crippen LogP contribution in [0.15, 0.2) is 11.2 Å². The number of nitrogens with one attached hydrogen (secondary N) is 1. The molecule has 1 amide bonds. The molecule has 0 spiro atoms. The van der Waals surface area contributed by atoms with E-state index in [0.29, 0.717) is 22.8 Å². The van der Waals surface area contributed by atoms with Crippen molar-refractivity contribution in [1.82, 2.24) is 9.88 Å². The zero-order chi connectivity index (χ0) is 40.2. The molecule has 0 aliphatic carbocycles. The number of amidine groups is 1.